The number of nitrogen functional groups attached to an aromatic ring is 1. The highest BCUT2D eigenvalue weighted by molar-refractivity contribution is 5.61. The zero-order chi connectivity index (χ0) is 14.2. The number of nitrogens with two attached hydrogens (primary N) is 1. The quantitative estimate of drug-likeness (QED) is 0.740. The number of nitrogens with one attached hydrogen (secondary N) is 2. The summed E-state index contributed by atoms with van der Waals surface area (Å²) < 4.78 is 1.43. The van der Waals surface area contributed by atoms with E-state index in [2.05, 4.69) is 17.2 Å². The molecular formula is C13H22N4O2. The maximum Gasteiger partial charge on any atom is 0.330 e. The average molecular weight is 266 g/mol. The number of aromatic nitrogens is 2. The molecule has 2 rings (SSSR count). The van der Waals surface area contributed by atoms with Crippen LogP contribution in [0.1, 0.15) is 33.6 Å². The standard InChI is InChI=1S/C13H22N4O2/c1-4-8-5-9(8)15-10-11(14)17(6-7(2)3)13(19)16-12(10)18/h7-9,15H,4-6,14H2,1-3H3,(H,16,18,19). The summed E-state index contributed by atoms with van der Waals surface area (Å²) in [4.78, 5) is 25.9. The Hall–Kier alpha value is -1.72. The normalized spacial score (nSPS) is 21.7. The molecule has 0 amide bonds. The van der Waals surface area contributed by atoms with E-state index in [1.807, 2.05) is 13.8 Å². The molecule has 19 heavy (non-hydrogen) atoms. The van der Waals surface area contributed by atoms with Crippen molar-refractivity contribution in [2.45, 2.75) is 46.2 Å². The first kappa shape index (κ1) is 13.7. The van der Waals surface area contributed by atoms with E-state index >= 15 is 0 Å². The number of nitrogens with zero attached hydrogens (tertiary/aromatic N) is 1. The zero-order valence-corrected chi connectivity index (χ0v) is 11.7. The van der Waals surface area contributed by atoms with Gasteiger partial charge in [-0.1, -0.05) is 27.2 Å². The van der Waals surface area contributed by atoms with Gasteiger partial charge in [-0.3, -0.25) is 14.3 Å². The first-order chi connectivity index (χ1) is 8.93. The van der Waals surface area contributed by atoms with Gasteiger partial charge in [0.15, 0.2) is 0 Å². The SMILES string of the molecule is CCC1CC1Nc1c(N)n(CC(C)C)c(=O)[nH]c1=O. The highest BCUT2D eigenvalue weighted by atomic mass is 16.2. The second-order valence-corrected chi connectivity index (χ2v) is 5.68. The second-order valence-electron chi connectivity index (χ2n) is 5.68. The summed E-state index contributed by atoms with van der Waals surface area (Å²) in [5, 5.41) is 3.17. The summed E-state index contributed by atoms with van der Waals surface area (Å²) in [7, 11) is 0. The Balaban J connectivity index is 2.32. The van der Waals surface area contributed by atoms with E-state index in [4.69, 9.17) is 5.73 Å². The maximum atomic E-state index is 11.8. The molecule has 2 unspecified atom stereocenters. The van der Waals surface area contributed by atoms with Crippen LogP contribution in [-0.2, 0) is 6.54 Å². The topological polar surface area (TPSA) is 92.9 Å². The summed E-state index contributed by atoms with van der Waals surface area (Å²) in [6.45, 7) is 6.62. The molecule has 4 N–H and O–H groups in total. The fraction of sp³-hybridized carbons (Fsp3) is 0.692. The minimum Gasteiger partial charge on any atom is -0.383 e. The third-order valence-electron chi connectivity index (χ3n) is 3.56. The number of hydrogen-bond acceptors (Lipinski definition) is 4. The van der Waals surface area contributed by atoms with Crippen LogP contribution in [0.2, 0.25) is 0 Å². The Morgan fingerprint density at radius 3 is 2.68 bits per heavy atom. The minimum atomic E-state index is -0.440. The Bertz CT molecular complexity index is 573. The number of aromatic amines is 1. The first-order valence-corrected chi connectivity index (χ1v) is 6.83. The van der Waals surface area contributed by atoms with E-state index in [-0.39, 0.29) is 11.7 Å². The molecule has 0 saturated heterocycles. The van der Waals surface area contributed by atoms with Crippen LogP contribution in [0.4, 0.5) is 11.5 Å². The van der Waals surface area contributed by atoms with Gasteiger partial charge >= 0.3 is 5.69 Å². The molecule has 1 fully saturated rings. The summed E-state index contributed by atoms with van der Waals surface area (Å²) in [6, 6.07) is 0.304. The predicted molar refractivity (Wildman–Crippen MR) is 76.4 cm³/mol. The van der Waals surface area contributed by atoms with Crippen LogP contribution < -0.4 is 22.3 Å². The van der Waals surface area contributed by atoms with E-state index in [0.29, 0.717) is 24.2 Å². The Morgan fingerprint density at radius 1 is 1.47 bits per heavy atom. The molecule has 0 aliphatic heterocycles. The van der Waals surface area contributed by atoms with Crippen molar-refractivity contribution in [3.05, 3.63) is 20.8 Å². The van der Waals surface area contributed by atoms with Gasteiger partial charge in [0.05, 0.1) is 0 Å². The van der Waals surface area contributed by atoms with Crippen molar-refractivity contribution in [1.82, 2.24) is 9.55 Å². The largest absolute Gasteiger partial charge is 0.383 e. The Labute approximate surface area is 112 Å². The molecule has 0 bridgehead atoms. The summed E-state index contributed by atoms with van der Waals surface area (Å²) in [5.41, 5.74) is 5.44. The molecule has 6 nitrogen and oxygen atoms in total. The van der Waals surface area contributed by atoms with Crippen LogP contribution in [0.5, 0.6) is 0 Å². The van der Waals surface area contributed by atoms with E-state index in [9.17, 15) is 9.59 Å². The van der Waals surface area contributed by atoms with Crippen molar-refractivity contribution in [3.63, 3.8) is 0 Å². The summed E-state index contributed by atoms with van der Waals surface area (Å²) >= 11 is 0. The van der Waals surface area contributed by atoms with Gasteiger partial charge in [-0.05, 0) is 18.3 Å². The van der Waals surface area contributed by atoms with E-state index in [1.165, 1.54) is 4.57 Å². The van der Waals surface area contributed by atoms with Crippen molar-refractivity contribution in [1.29, 1.82) is 0 Å². The van der Waals surface area contributed by atoms with Gasteiger partial charge in [-0.25, -0.2) is 4.79 Å². The van der Waals surface area contributed by atoms with Gasteiger partial charge in [-0.15, -0.1) is 0 Å². The van der Waals surface area contributed by atoms with Crippen LogP contribution in [0.15, 0.2) is 9.59 Å². The summed E-state index contributed by atoms with van der Waals surface area (Å²) in [5.74, 6) is 1.12. The van der Waals surface area contributed by atoms with Crippen LogP contribution >= 0.6 is 0 Å². The number of anilines is 2. The monoisotopic (exact) mass is 266 g/mol. The molecule has 0 aromatic carbocycles. The predicted octanol–water partition coefficient (Wildman–Crippen LogP) is 0.985. The van der Waals surface area contributed by atoms with E-state index in [1.54, 1.807) is 0 Å². The van der Waals surface area contributed by atoms with Gasteiger partial charge in [-0.2, -0.15) is 0 Å². The third kappa shape index (κ3) is 2.83. The van der Waals surface area contributed by atoms with Gasteiger partial charge in [0.2, 0.25) is 0 Å². The fourth-order valence-corrected chi connectivity index (χ4v) is 2.33. The Morgan fingerprint density at radius 2 is 2.16 bits per heavy atom. The number of H-pyrrole nitrogens is 1. The lowest BCUT2D eigenvalue weighted by Gasteiger charge is -2.15. The zero-order valence-electron chi connectivity index (χ0n) is 11.7. The van der Waals surface area contributed by atoms with Gasteiger partial charge < -0.3 is 11.1 Å². The highest BCUT2D eigenvalue weighted by Crippen LogP contribution is 2.36. The lowest BCUT2D eigenvalue weighted by Crippen LogP contribution is -2.35. The van der Waals surface area contributed by atoms with Gasteiger partial charge in [0, 0.05) is 12.6 Å². The maximum absolute atomic E-state index is 11.8. The molecule has 1 heterocycles. The molecule has 1 aliphatic carbocycles. The molecular weight excluding hydrogens is 244 g/mol. The molecule has 106 valence electrons. The second kappa shape index (κ2) is 5.11. The van der Waals surface area contributed by atoms with E-state index < -0.39 is 11.2 Å². The number of rotatable bonds is 5. The van der Waals surface area contributed by atoms with Crippen LogP contribution in [0, 0.1) is 11.8 Å². The van der Waals surface area contributed by atoms with E-state index in [0.717, 1.165) is 12.8 Å². The minimum absolute atomic E-state index is 0.240. The molecule has 1 aromatic rings. The van der Waals surface area contributed by atoms with Gasteiger partial charge in [0.25, 0.3) is 5.56 Å². The molecule has 1 aromatic heterocycles. The number of hydrogen-bond donors (Lipinski definition) is 3. The van der Waals surface area contributed by atoms with Crippen molar-refractivity contribution in [2.75, 3.05) is 11.1 Å². The third-order valence-corrected chi connectivity index (χ3v) is 3.56. The molecule has 1 aliphatic rings. The van der Waals surface area contributed by atoms with Crippen molar-refractivity contribution < 1.29 is 0 Å². The van der Waals surface area contributed by atoms with Crippen LogP contribution in [0.25, 0.3) is 0 Å². The first-order valence-electron chi connectivity index (χ1n) is 6.83. The van der Waals surface area contributed by atoms with Crippen molar-refractivity contribution in [2.24, 2.45) is 11.8 Å². The van der Waals surface area contributed by atoms with Crippen molar-refractivity contribution in [3.8, 4) is 0 Å². The van der Waals surface area contributed by atoms with Crippen LogP contribution in [0.3, 0.4) is 0 Å². The average Bonchev–Trinajstić information content (AvgIpc) is 3.08. The fourth-order valence-electron chi connectivity index (χ4n) is 2.33. The molecule has 2 atom stereocenters. The Kier molecular flexibility index (Phi) is 3.68. The smallest absolute Gasteiger partial charge is 0.330 e. The lowest BCUT2D eigenvalue weighted by molar-refractivity contribution is 0.508. The summed E-state index contributed by atoms with van der Waals surface area (Å²) in [6.07, 6.45) is 2.14. The lowest BCUT2D eigenvalue weighted by atomic mass is 10.2. The van der Waals surface area contributed by atoms with Crippen LogP contribution in [-0.4, -0.2) is 15.6 Å². The molecule has 1 saturated carbocycles. The molecule has 0 spiro atoms. The van der Waals surface area contributed by atoms with Gasteiger partial charge in [0.1, 0.15) is 11.5 Å². The van der Waals surface area contributed by atoms with Crippen molar-refractivity contribution >= 4 is 11.5 Å². The molecule has 0 radical (unpaired) electrons. The molecule has 6 heteroatoms. The highest BCUT2D eigenvalue weighted by Gasteiger charge is 2.36.